The molecule has 91 heavy (non-hydrogen) atoms. The van der Waals surface area contributed by atoms with Crippen molar-refractivity contribution < 1.29 is 80.2 Å². The van der Waals surface area contributed by atoms with Gasteiger partial charge in [0.15, 0.2) is 12.2 Å². The molecule has 0 aromatic carbocycles. The number of ether oxygens (including phenoxy) is 4. The predicted molar refractivity (Wildman–Crippen MR) is 367 cm³/mol. The molecule has 0 aliphatic heterocycles. The van der Waals surface area contributed by atoms with Crippen LogP contribution in [0.5, 0.6) is 0 Å². The first-order valence-corrected chi connectivity index (χ1v) is 39.7. The minimum atomic E-state index is -4.96. The summed E-state index contributed by atoms with van der Waals surface area (Å²) < 4.78 is 68.3. The molecule has 0 radical (unpaired) electrons. The van der Waals surface area contributed by atoms with Gasteiger partial charge in [-0.3, -0.25) is 37.3 Å². The summed E-state index contributed by atoms with van der Waals surface area (Å²) >= 11 is 0. The highest BCUT2D eigenvalue weighted by atomic mass is 31.2. The summed E-state index contributed by atoms with van der Waals surface area (Å²) in [7, 11) is -9.92. The lowest BCUT2D eigenvalue weighted by molar-refractivity contribution is -0.161. The second-order valence-electron chi connectivity index (χ2n) is 26.3. The van der Waals surface area contributed by atoms with Crippen LogP contribution in [0.25, 0.3) is 0 Å². The minimum absolute atomic E-state index is 0.0841. The molecule has 0 amide bonds. The first-order valence-electron chi connectivity index (χ1n) is 36.7. The zero-order valence-electron chi connectivity index (χ0n) is 58.8. The topological polar surface area (TPSA) is 237 Å². The third kappa shape index (κ3) is 63.4. The maximum Gasteiger partial charge on any atom is 0.472 e. The number of aliphatic hydroxyl groups excluding tert-OH is 1. The maximum absolute atomic E-state index is 13.0. The Morgan fingerprint density at radius 1 is 0.363 bits per heavy atom. The van der Waals surface area contributed by atoms with Crippen LogP contribution in [0.2, 0.25) is 0 Å². The van der Waals surface area contributed by atoms with Gasteiger partial charge in [-0.2, -0.15) is 0 Å². The summed E-state index contributed by atoms with van der Waals surface area (Å²) in [6.07, 6.45) is 49.3. The Bertz CT molecular complexity index is 1880. The van der Waals surface area contributed by atoms with Crippen molar-refractivity contribution in [3.05, 3.63) is 24.3 Å². The van der Waals surface area contributed by atoms with Gasteiger partial charge in [0.1, 0.15) is 19.3 Å². The number of phosphoric ester groups is 2. The number of allylic oxidation sites excluding steroid dienone is 4. The first kappa shape index (κ1) is 88.5. The van der Waals surface area contributed by atoms with E-state index >= 15 is 0 Å². The van der Waals surface area contributed by atoms with Crippen molar-refractivity contribution >= 4 is 39.5 Å². The quantitative estimate of drug-likeness (QED) is 0.0169. The Morgan fingerprint density at radius 3 is 0.978 bits per heavy atom. The number of unbranched alkanes of at least 4 members (excludes halogenated alkanes) is 31. The van der Waals surface area contributed by atoms with Crippen molar-refractivity contribution in [1.82, 2.24) is 0 Å². The van der Waals surface area contributed by atoms with Crippen molar-refractivity contribution in [2.24, 2.45) is 17.8 Å². The lowest BCUT2D eigenvalue weighted by Gasteiger charge is -2.21. The average molecular weight is 1340 g/mol. The van der Waals surface area contributed by atoms with Crippen LogP contribution >= 0.6 is 15.6 Å². The summed E-state index contributed by atoms with van der Waals surface area (Å²) in [4.78, 5) is 72.6. The van der Waals surface area contributed by atoms with E-state index in [9.17, 15) is 43.2 Å². The van der Waals surface area contributed by atoms with Crippen LogP contribution in [0.3, 0.4) is 0 Å². The number of aliphatic hydroxyl groups is 1. The van der Waals surface area contributed by atoms with Crippen molar-refractivity contribution in [2.75, 3.05) is 39.6 Å². The first-order chi connectivity index (χ1) is 43.8. The molecule has 0 aliphatic carbocycles. The predicted octanol–water partition coefficient (Wildman–Crippen LogP) is 20.2. The molecule has 4 unspecified atom stereocenters. The normalized spacial score (nSPS) is 14.9. The third-order valence-corrected chi connectivity index (χ3v) is 18.6. The standard InChI is InChI=1S/C72H136O17P2/c1-8-11-12-13-14-15-16-17-18-19-20-23-34-41-48-55-71(76)88-67(59-82-69(74)53-46-39-32-24-21-22-29-36-43-50-63(4)5)61-86-90(78,79)84-57-66(73)58-85-91(80,81)87-62-68(89-72(77)56-49-42-35-28-26-31-38-45-52-65(7)10-3)60-83-70(75)54-47-40-33-27-25-30-37-44-51-64(6)9-2/h15-18,63-68,73H,8-14,19-62H2,1-7H3,(H,78,79)(H,80,81)/b16-15-,18-17-/t64?,65?,66-,67-,68-/m1/s1. The lowest BCUT2D eigenvalue weighted by atomic mass is 9.99. The van der Waals surface area contributed by atoms with Gasteiger partial charge in [0.05, 0.1) is 26.4 Å². The lowest BCUT2D eigenvalue weighted by Crippen LogP contribution is -2.30. The molecule has 3 N–H and O–H groups in total. The molecular formula is C72H136O17P2. The van der Waals surface area contributed by atoms with E-state index in [-0.39, 0.29) is 25.7 Å². The van der Waals surface area contributed by atoms with Crippen LogP contribution < -0.4 is 0 Å². The average Bonchev–Trinajstić information content (AvgIpc) is 3.26. The molecule has 7 atom stereocenters. The van der Waals surface area contributed by atoms with Gasteiger partial charge < -0.3 is 33.8 Å². The summed E-state index contributed by atoms with van der Waals surface area (Å²) in [6.45, 7) is 11.8. The number of hydrogen-bond donors (Lipinski definition) is 3. The second kappa shape index (κ2) is 62.4. The highest BCUT2D eigenvalue weighted by molar-refractivity contribution is 7.47. The van der Waals surface area contributed by atoms with Crippen LogP contribution in [0.1, 0.15) is 337 Å². The van der Waals surface area contributed by atoms with Crippen LogP contribution in [-0.2, 0) is 65.4 Å². The van der Waals surface area contributed by atoms with Gasteiger partial charge in [0, 0.05) is 25.7 Å². The number of carbonyl (C=O) groups excluding carboxylic acids is 4. The van der Waals surface area contributed by atoms with Crippen molar-refractivity contribution in [3.63, 3.8) is 0 Å². The smallest absolute Gasteiger partial charge is 0.462 e. The number of carbonyl (C=O) groups is 4. The van der Waals surface area contributed by atoms with E-state index in [2.05, 4.69) is 72.8 Å². The van der Waals surface area contributed by atoms with E-state index in [1.807, 2.05) is 0 Å². The van der Waals surface area contributed by atoms with Gasteiger partial charge in [0.2, 0.25) is 0 Å². The fraction of sp³-hybridized carbons (Fsp3) is 0.889. The van der Waals surface area contributed by atoms with Crippen molar-refractivity contribution in [2.45, 2.75) is 356 Å². The van der Waals surface area contributed by atoms with Crippen molar-refractivity contribution in [1.29, 1.82) is 0 Å². The van der Waals surface area contributed by atoms with E-state index in [0.29, 0.717) is 25.7 Å². The SMILES string of the molecule is CCCCCC/C=C\C=C/CCCCCCCC(=O)O[C@H](COC(=O)CCCCCCCCCCCC(C)C)COP(=O)(O)OC[C@@H](O)COP(=O)(O)OC[C@@H](COC(=O)CCCCCCCCCCC(C)CC)OC(=O)CCCCCCCCCCC(C)CC. The summed E-state index contributed by atoms with van der Waals surface area (Å²) in [5.74, 6) is 0.129. The van der Waals surface area contributed by atoms with Gasteiger partial charge in [-0.1, -0.05) is 285 Å². The fourth-order valence-electron chi connectivity index (χ4n) is 10.3. The van der Waals surface area contributed by atoms with Crippen LogP contribution in [-0.4, -0.2) is 96.7 Å². The number of esters is 4. The molecule has 0 aliphatic rings. The van der Waals surface area contributed by atoms with E-state index in [1.165, 1.54) is 135 Å². The maximum atomic E-state index is 13.0. The summed E-state index contributed by atoms with van der Waals surface area (Å²) in [6, 6.07) is 0. The highest BCUT2D eigenvalue weighted by Crippen LogP contribution is 2.45. The zero-order valence-corrected chi connectivity index (χ0v) is 60.6. The molecule has 0 heterocycles. The van der Waals surface area contributed by atoms with Crippen LogP contribution in [0.4, 0.5) is 0 Å². The molecular weight excluding hydrogens is 1200 g/mol. The molecule has 0 aromatic heterocycles. The number of phosphoric acid groups is 2. The zero-order chi connectivity index (χ0) is 67.3. The second-order valence-corrected chi connectivity index (χ2v) is 29.2. The summed E-state index contributed by atoms with van der Waals surface area (Å²) in [5, 5.41) is 10.6. The Labute approximate surface area is 554 Å². The van der Waals surface area contributed by atoms with E-state index in [0.717, 1.165) is 120 Å². The van der Waals surface area contributed by atoms with Crippen LogP contribution in [0, 0.1) is 17.8 Å². The Hall–Kier alpha value is -2.46. The van der Waals surface area contributed by atoms with Gasteiger partial charge in [0.25, 0.3) is 0 Å². The highest BCUT2D eigenvalue weighted by Gasteiger charge is 2.30. The Kier molecular flexibility index (Phi) is 60.7. The molecule has 0 saturated carbocycles. The molecule has 0 aromatic rings. The fourth-order valence-corrected chi connectivity index (χ4v) is 11.9. The Balaban J connectivity index is 5.31. The van der Waals surface area contributed by atoms with Gasteiger partial charge in [-0.05, 0) is 69.1 Å². The molecule has 19 heteroatoms. The Morgan fingerprint density at radius 2 is 0.648 bits per heavy atom. The summed E-state index contributed by atoms with van der Waals surface area (Å²) in [5.41, 5.74) is 0. The molecule has 536 valence electrons. The third-order valence-electron chi connectivity index (χ3n) is 16.7. The van der Waals surface area contributed by atoms with Crippen LogP contribution in [0.15, 0.2) is 24.3 Å². The van der Waals surface area contributed by atoms with E-state index in [1.54, 1.807) is 0 Å². The van der Waals surface area contributed by atoms with Crippen molar-refractivity contribution in [3.8, 4) is 0 Å². The van der Waals surface area contributed by atoms with Gasteiger partial charge in [-0.25, -0.2) is 9.13 Å². The molecule has 0 saturated heterocycles. The van der Waals surface area contributed by atoms with Gasteiger partial charge in [-0.15, -0.1) is 0 Å². The molecule has 17 nitrogen and oxygen atoms in total. The van der Waals surface area contributed by atoms with E-state index in [4.69, 9.17) is 37.0 Å². The molecule has 0 bridgehead atoms. The monoisotopic (exact) mass is 1330 g/mol. The number of rotatable bonds is 68. The molecule has 0 rings (SSSR count). The molecule has 0 spiro atoms. The number of hydrogen-bond acceptors (Lipinski definition) is 15. The minimum Gasteiger partial charge on any atom is -0.462 e. The molecule has 0 fully saturated rings. The van der Waals surface area contributed by atoms with E-state index < -0.39 is 97.5 Å². The largest absolute Gasteiger partial charge is 0.472 e. The van der Waals surface area contributed by atoms with Gasteiger partial charge >= 0.3 is 39.5 Å².